The van der Waals surface area contributed by atoms with E-state index in [1.165, 1.54) is 0 Å². The Balaban J connectivity index is 1.58. The van der Waals surface area contributed by atoms with Crippen molar-refractivity contribution in [1.82, 2.24) is 19.9 Å². The number of nitrogens with zero attached hydrogens (tertiary/aromatic N) is 2. The van der Waals surface area contributed by atoms with E-state index in [-0.39, 0.29) is 0 Å². The molecule has 8 bridgehead atoms. The van der Waals surface area contributed by atoms with Gasteiger partial charge in [-0.25, -0.2) is 9.97 Å². The van der Waals surface area contributed by atoms with Crippen LogP contribution < -0.4 is 28.4 Å². The molecule has 11 heteroatoms. The van der Waals surface area contributed by atoms with Gasteiger partial charge in [0.25, 0.3) is 0 Å². The summed E-state index contributed by atoms with van der Waals surface area (Å²) in [5.41, 5.74) is 8.97. The van der Waals surface area contributed by atoms with E-state index in [0.717, 1.165) is 50.8 Å². The molecule has 50 heavy (non-hydrogen) atoms. The van der Waals surface area contributed by atoms with Crippen molar-refractivity contribution in [2.45, 2.75) is 0 Å². The van der Waals surface area contributed by atoms with Gasteiger partial charge in [-0.3, -0.25) is 4.79 Å². The maximum absolute atomic E-state index is 12.8. The summed E-state index contributed by atoms with van der Waals surface area (Å²) < 4.78 is 33.9. The molecule has 7 rings (SSSR count). The van der Waals surface area contributed by atoms with Crippen LogP contribution >= 0.6 is 0 Å². The molecule has 0 aliphatic carbocycles. The molecule has 0 unspecified atom stereocenters. The number of rotatable bonds is 9. The second kappa shape index (κ2) is 13.2. The summed E-state index contributed by atoms with van der Waals surface area (Å²) in [7, 11) is 9.43. The largest absolute Gasteiger partial charge is 0.493 e. The standard InChI is InChI=1S/C39H34N4O7/c1-45-32-15-21(16-33(46-2)38(32)49-5)36-28-9-7-23(40-28)19-24-8-10-29(41-24)37(22-17-34(47-3)39(50-6)35(18-22)48-4)31-14-12-27(43-31)25(20-44)26-11-13-30(36)42-26/h7-20,40,43H,1-6H3. The van der Waals surface area contributed by atoms with E-state index < -0.39 is 0 Å². The predicted octanol–water partition coefficient (Wildman–Crippen LogP) is 7.85. The van der Waals surface area contributed by atoms with Crippen molar-refractivity contribution in [3.8, 4) is 56.8 Å². The summed E-state index contributed by atoms with van der Waals surface area (Å²) in [6.45, 7) is 0. The van der Waals surface area contributed by atoms with Gasteiger partial charge in [0.15, 0.2) is 29.3 Å². The maximum atomic E-state index is 12.8. The number of benzene rings is 2. The Hall–Kier alpha value is -6.49. The molecule has 2 aromatic carbocycles. The van der Waals surface area contributed by atoms with E-state index in [9.17, 15) is 4.79 Å². The Morgan fingerprint density at radius 1 is 0.520 bits per heavy atom. The van der Waals surface area contributed by atoms with E-state index >= 15 is 0 Å². The topological polar surface area (TPSA) is 130 Å². The summed E-state index contributed by atoms with van der Waals surface area (Å²) in [5, 5.41) is 0. The van der Waals surface area contributed by atoms with E-state index in [2.05, 4.69) is 9.97 Å². The Morgan fingerprint density at radius 3 is 1.54 bits per heavy atom. The minimum Gasteiger partial charge on any atom is -0.493 e. The van der Waals surface area contributed by atoms with Crippen LogP contribution in [0.15, 0.2) is 54.6 Å². The number of aromatic nitrogens is 4. The SMILES string of the molecule is COc1cc(-c2c3nc(c(C=O)c4ccc([nH]4)c(-c4cc(OC)c(OC)c(OC)c4)c4nc(cc5ccc2[nH]5)C=C4)C=C3)cc(OC)c1OC. The lowest BCUT2D eigenvalue weighted by molar-refractivity contribution is 0.112. The average molecular weight is 671 g/mol. The van der Waals surface area contributed by atoms with Crippen molar-refractivity contribution < 1.29 is 33.2 Å². The molecule has 2 aliphatic heterocycles. The van der Waals surface area contributed by atoms with Gasteiger partial charge in [-0.2, -0.15) is 0 Å². The number of H-pyrrole nitrogens is 2. The fourth-order valence-corrected chi connectivity index (χ4v) is 6.34. The van der Waals surface area contributed by atoms with Crippen LogP contribution in [0.2, 0.25) is 0 Å². The van der Waals surface area contributed by atoms with Gasteiger partial charge in [0, 0.05) is 27.7 Å². The number of aromatic amines is 2. The lowest BCUT2D eigenvalue weighted by Gasteiger charge is -2.14. The molecule has 5 heterocycles. The zero-order chi connectivity index (χ0) is 34.9. The molecule has 0 atom stereocenters. The Kier molecular flexibility index (Phi) is 8.46. The minimum atomic E-state index is 0.389. The van der Waals surface area contributed by atoms with Crippen LogP contribution in [0.3, 0.4) is 0 Å². The monoisotopic (exact) mass is 670 g/mol. The molecule has 11 nitrogen and oxygen atoms in total. The van der Waals surface area contributed by atoms with Gasteiger partial charge >= 0.3 is 0 Å². The number of ether oxygens (including phenoxy) is 6. The van der Waals surface area contributed by atoms with E-state index in [1.807, 2.05) is 78.9 Å². The maximum Gasteiger partial charge on any atom is 0.203 e. The number of fused-ring (bicyclic) bond motifs is 8. The quantitative estimate of drug-likeness (QED) is 0.148. The number of nitrogens with one attached hydrogen (secondary N) is 2. The van der Waals surface area contributed by atoms with E-state index in [0.29, 0.717) is 62.7 Å². The first-order chi connectivity index (χ1) is 24.4. The summed E-state index contributed by atoms with van der Waals surface area (Å²) in [6, 6.07) is 17.2. The van der Waals surface area contributed by atoms with Crippen LogP contribution in [0, 0.1) is 0 Å². The third kappa shape index (κ3) is 5.48. The van der Waals surface area contributed by atoms with Crippen LogP contribution in [0.1, 0.15) is 33.1 Å². The smallest absolute Gasteiger partial charge is 0.203 e. The summed E-state index contributed by atoms with van der Waals surface area (Å²) in [4.78, 5) is 29.8. The number of carbonyl (C=O) groups excluding carboxylic acids is 1. The van der Waals surface area contributed by atoms with Gasteiger partial charge in [-0.05, 0) is 90.0 Å². The summed E-state index contributed by atoms with van der Waals surface area (Å²) in [5.74, 6) is 2.95. The zero-order valence-corrected chi connectivity index (χ0v) is 28.3. The van der Waals surface area contributed by atoms with Gasteiger partial charge in [-0.15, -0.1) is 0 Å². The van der Waals surface area contributed by atoms with Crippen molar-refractivity contribution in [2.24, 2.45) is 0 Å². The summed E-state index contributed by atoms with van der Waals surface area (Å²) >= 11 is 0. The molecule has 5 aromatic rings. The van der Waals surface area contributed by atoms with Crippen molar-refractivity contribution >= 4 is 52.7 Å². The first-order valence-corrected chi connectivity index (χ1v) is 15.6. The highest BCUT2D eigenvalue weighted by Gasteiger charge is 2.21. The third-order valence-electron chi connectivity index (χ3n) is 8.64. The van der Waals surface area contributed by atoms with Crippen molar-refractivity contribution in [3.63, 3.8) is 0 Å². The average Bonchev–Trinajstić information content (AvgIpc) is 3.98. The summed E-state index contributed by atoms with van der Waals surface area (Å²) in [6.07, 6.45) is 8.44. The number of hydrogen-bond donors (Lipinski definition) is 2. The van der Waals surface area contributed by atoms with Crippen LogP contribution in [-0.2, 0) is 0 Å². The van der Waals surface area contributed by atoms with E-state index in [4.69, 9.17) is 38.4 Å². The first-order valence-electron chi connectivity index (χ1n) is 15.6. The lowest BCUT2D eigenvalue weighted by atomic mass is 10.0. The minimum absolute atomic E-state index is 0.389. The second-order valence-electron chi connectivity index (χ2n) is 11.3. The van der Waals surface area contributed by atoms with Crippen LogP contribution in [-0.4, -0.2) is 68.9 Å². The van der Waals surface area contributed by atoms with Crippen LogP contribution in [0.25, 0.3) is 68.6 Å². The number of carbonyl (C=O) groups is 1. The second-order valence-corrected chi connectivity index (χ2v) is 11.3. The molecule has 0 saturated carbocycles. The number of aldehydes is 1. The van der Waals surface area contributed by atoms with Gasteiger partial charge < -0.3 is 38.4 Å². The molecule has 3 aromatic heterocycles. The molecule has 0 saturated heterocycles. The van der Waals surface area contributed by atoms with Gasteiger partial charge in [-0.1, -0.05) is 0 Å². The van der Waals surface area contributed by atoms with Crippen molar-refractivity contribution in [2.75, 3.05) is 42.7 Å². The fraction of sp³-hybridized carbons (Fsp3) is 0.154. The van der Waals surface area contributed by atoms with Gasteiger partial charge in [0.1, 0.15) is 0 Å². The molecule has 0 spiro atoms. The van der Waals surface area contributed by atoms with Gasteiger partial charge in [0.05, 0.1) is 76.5 Å². The molecule has 2 N–H and O–H groups in total. The highest BCUT2D eigenvalue weighted by atomic mass is 16.5. The highest BCUT2D eigenvalue weighted by molar-refractivity contribution is 5.98. The van der Waals surface area contributed by atoms with Crippen molar-refractivity contribution in [1.29, 1.82) is 0 Å². The Labute approximate surface area is 287 Å². The van der Waals surface area contributed by atoms with E-state index in [1.54, 1.807) is 42.7 Å². The number of methoxy groups -OCH3 is 6. The molecular formula is C39H34N4O7. The van der Waals surface area contributed by atoms with Crippen LogP contribution in [0.5, 0.6) is 34.5 Å². The molecular weight excluding hydrogens is 636 g/mol. The molecule has 0 radical (unpaired) electrons. The van der Waals surface area contributed by atoms with Gasteiger partial charge in [0.2, 0.25) is 11.5 Å². The molecule has 0 amide bonds. The highest BCUT2D eigenvalue weighted by Crippen LogP contribution is 2.44. The van der Waals surface area contributed by atoms with Crippen LogP contribution in [0.4, 0.5) is 0 Å². The van der Waals surface area contributed by atoms with Crippen molar-refractivity contribution in [3.05, 3.63) is 82.9 Å². The molecule has 0 fully saturated rings. The normalized spacial score (nSPS) is 11.7. The zero-order valence-electron chi connectivity index (χ0n) is 28.3. The lowest BCUT2D eigenvalue weighted by Crippen LogP contribution is -1.96. The number of hydrogen-bond acceptors (Lipinski definition) is 9. The Bertz CT molecular complexity index is 2270. The Morgan fingerprint density at radius 2 is 1.00 bits per heavy atom. The first kappa shape index (κ1) is 32.1. The third-order valence-corrected chi connectivity index (χ3v) is 8.64. The molecule has 252 valence electrons. The molecule has 2 aliphatic rings. The fourth-order valence-electron chi connectivity index (χ4n) is 6.34. The predicted molar refractivity (Wildman–Crippen MR) is 194 cm³/mol.